The van der Waals surface area contributed by atoms with Crippen LogP contribution in [0.1, 0.15) is 24.8 Å². The molecule has 2 aliphatic heterocycles. The summed E-state index contributed by atoms with van der Waals surface area (Å²) < 4.78 is 35.2. The monoisotopic (exact) mass is 325 g/mol. The molecule has 2 fully saturated rings. The number of nitrogens with one attached hydrogen (secondary N) is 2. The summed E-state index contributed by atoms with van der Waals surface area (Å²) >= 11 is 0. The number of para-hydroxylation sites is 1. The number of aliphatic imine (C=N–C) groups is 1. The molecule has 3 atom stereocenters. The molecule has 0 aromatic heterocycles. The fourth-order valence-electron chi connectivity index (χ4n) is 3.20. The Labute approximate surface area is 134 Å². The van der Waals surface area contributed by atoms with Gasteiger partial charge in [-0.05, 0) is 25.3 Å². The summed E-state index contributed by atoms with van der Waals surface area (Å²) in [4.78, 5) is 4.19. The maximum absolute atomic E-state index is 12.4. The number of guanidine groups is 1. The number of nitrogens with zero attached hydrogens (tertiary/aromatic N) is 1. The number of alkyl halides is 2. The Balaban J connectivity index is 1.56. The minimum absolute atomic E-state index is 0.175. The van der Waals surface area contributed by atoms with Crippen molar-refractivity contribution < 1.29 is 18.3 Å². The van der Waals surface area contributed by atoms with Gasteiger partial charge in [0.1, 0.15) is 5.75 Å². The molecule has 2 heterocycles. The fourth-order valence-corrected chi connectivity index (χ4v) is 3.20. The average molecular weight is 325 g/mol. The highest BCUT2D eigenvalue weighted by Crippen LogP contribution is 2.34. The van der Waals surface area contributed by atoms with E-state index in [9.17, 15) is 8.78 Å². The molecule has 0 aliphatic carbocycles. The quantitative estimate of drug-likeness (QED) is 0.644. The molecular formula is C16H21F2N3O2. The molecule has 1 aromatic rings. The standard InChI is InChI=1S/C16H21F2N3O2/c1-19-16(21-12-8-11-6-7-14(12)22-11)20-9-10-4-2-3-5-13(10)23-15(17)18/h2-5,11-12,14-15H,6-9H2,1H3,(H2,19,20,21). The highest BCUT2D eigenvalue weighted by molar-refractivity contribution is 5.80. The summed E-state index contributed by atoms with van der Waals surface area (Å²) in [5.41, 5.74) is 0.653. The van der Waals surface area contributed by atoms with Crippen LogP contribution in [0.25, 0.3) is 0 Å². The number of halogens is 2. The molecule has 3 unspecified atom stereocenters. The minimum atomic E-state index is -2.83. The summed E-state index contributed by atoms with van der Waals surface area (Å²) in [5.74, 6) is 0.812. The number of ether oxygens (including phenoxy) is 2. The lowest BCUT2D eigenvalue weighted by molar-refractivity contribution is -0.0504. The van der Waals surface area contributed by atoms with E-state index in [-0.39, 0.29) is 17.9 Å². The molecule has 2 aliphatic rings. The highest BCUT2D eigenvalue weighted by Gasteiger charge is 2.41. The average Bonchev–Trinajstić information content (AvgIpc) is 3.14. The van der Waals surface area contributed by atoms with E-state index in [2.05, 4.69) is 20.4 Å². The zero-order valence-corrected chi connectivity index (χ0v) is 13.0. The van der Waals surface area contributed by atoms with Crippen molar-refractivity contribution in [1.82, 2.24) is 10.6 Å². The van der Waals surface area contributed by atoms with Crippen molar-refractivity contribution in [3.63, 3.8) is 0 Å². The second-order valence-electron chi connectivity index (χ2n) is 5.77. The van der Waals surface area contributed by atoms with Crippen molar-refractivity contribution in [2.45, 2.75) is 50.7 Å². The van der Waals surface area contributed by atoms with Gasteiger partial charge in [0.25, 0.3) is 0 Å². The Morgan fingerprint density at radius 2 is 2.22 bits per heavy atom. The largest absolute Gasteiger partial charge is 0.434 e. The van der Waals surface area contributed by atoms with Gasteiger partial charge in [0, 0.05) is 19.2 Å². The van der Waals surface area contributed by atoms with Crippen molar-refractivity contribution >= 4 is 5.96 Å². The molecule has 2 saturated heterocycles. The Bertz CT molecular complexity index is 568. The van der Waals surface area contributed by atoms with Gasteiger partial charge < -0.3 is 20.1 Å². The maximum atomic E-state index is 12.4. The summed E-state index contributed by atoms with van der Waals surface area (Å²) in [5, 5.41) is 6.50. The van der Waals surface area contributed by atoms with E-state index in [0.717, 1.165) is 19.3 Å². The van der Waals surface area contributed by atoms with Gasteiger partial charge >= 0.3 is 6.61 Å². The predicted molar refractivity (Wildman–Crippen MR) is 82.7 cm³/mol. The third-order valence-electron chi connectivity index (χ3n) is 4.29. The van der Waals surface area contributed by atoms with E-state index in [1.54, 1.807) is 25.2 Å². The molecule has 0 spiro atoms. The first-order chi connectivity index (χ1) is 11.2. The van der Waals surface area contributed by atoms with Gasteiger partial charge in [-0.2, -0.15) is 8.78 Å². The van der Waals surface area contributed by atoms with Gasteiger partial charge in [0.15, 0.2) is 5.96 Å². The molecule has 3 rings (SSSR count). The van der Waals surface area contributed by atoms with Crippen molar-refractivity contribution in [2.24, 2.45) is 4.99 Å². The van der Waals surface area contributed by atoms with Crippen molar-refractivity contribution in [2.75, 3.05) is 7.05 Å². The van der Waals surface area contributed by atoms with Crippen LogP contribution in [-0.2, 0) is 11.3 Å². The van der Waals surface area contributed by atoms with E-state index < -0.39 is 6.61 Å². The van der Waals surface area contributed by atoms with Gasteiger partial charge in [0.05, 0.1) is 18.2 Å². The van der Waals surface area contributed by atoms with Crippen LogP contribution >= 0.6 is 0 Å². The van der Waals surface area contributed by atoms with Crippen LogP contribution in [0, 0.1) is 0 Å². The highest BCUT2D eigenvalue weighted by atomic mass is 19.3. The summed E-state index contributed by atoms with van der Waals surface area (Å²) in [6.45, 7) is -2.48. The molecule has 2 bridgehead atoms. The van der Waals surface area contributed by atoms with E-state index in [1.807, 2.05) is 0 Å². The van der Waals surface area contributed by atoms with Crippen LogP contribution in [0.3, 0.4) is 0 Å². The van der Waals surface area contributed by atoms with Gasteiger partial charge in [-0.15, -0.1) is 0 Å². The Morgan fingerprint density at radius 1 is 1.39 bits per heavy atom. The molecule has 7 heteroatoms. The van der Waals surface area contributed by atoms with E-state index >= 15 is 0 Å². The number of rotatable bonds is 5. The second-order valence-corrected chi connectivity index (χ2v) is 5.77. The van der Waals surface area contributed by atoms with Crippen LogP contribution in [-0.4, -0.2) is 37.9 Å². The molecule has 0 radical (unpaired) electrons. The van der Waals surface area contributed by atoms with Crippen molar-refractivity contribution in [3.8, 4) is 5.75 Å². The number of hydrogen-bond donors (Lipinski definition) is 2. The fraction of sp³-hybridized carbons (Fsp3) is 0.562. The molecule has 126 valence electrons. The third kappa shape index (κ3) is 3.90. The van der Waals surface area contributed by atoms with E-state index in [1.165, 1.54) is 6.07 Å². The first-order valence-corrected chi connectivity index (χ1v) is 7.81. The molecule has 0 amide bonds. The number of hydrogen-bond acceptors (Lipinski definition) is 3. The zero-order chi connectivity index (χ0) is 16.2. The topological polar surface area (TPSA) is 54.9 Å². The van der Waals surface area contributed by atoms with Crippen LogP contribution < -0.4 is 15.4 Å². The zero-order valence-electron chi connectivity index (χ0n) is 13.0. The summed E-state index contributed by atoms with van der Waals surface area (Å²) in [6.07, 6.45) is 3.79. The Hall–Kier alpha value is -1.89. The maximum Gasteiger partial charge on any atom is 0.387 e. The summed E-state index contributed by atoms with van der Waals surface area (Å²) in [6, 6.07) is 6.99. The van der Waals surface area contributed by atoms with E-state index in [4.69, 9.17) is 4.74 Å². The normalized spacial score (nSPS) is 26.6. The van der Waals surface area contributed by atoms with Crippen molar-refractivity contribution in [1.29, 1.82) is 0 Å². The van der Waals surface area contributed by atoms with Gasteiger partial charge in [-0.25, -0.2) is 0 Å². The first-order valence-electron chi connectivity index (χ1n) is 7.81. The predicted octanol–water partition coefficient (Wildman–Crippen LogP) is 2.27. The van der Waals surface area contributed by atoms with Gasteiger partial charge in [-0.3, -0.25) is 4.99 Å². The Kier molecular flexibility index (Phi) is 4.95. The molecule has 23 heavy (non-hydrogen) atoms. The van der Waals surface area contributed by atoms with Crippen LogP contribution in [0.4, 0.5) is 8.78 Å². The number of benzene rings is 1. The van der Waals surface area contributed by atoms with Gasteiger partial charge in [0.2, 0.25) is 0 Å². The first kappa shape index (κ1) is 16.0. The van der Waals surface area contributed by atoms with Crippen LogP contribution in [0.5, 0.6) is 5.75 Å². The minimum Gasteiger partial charge on any atom is -0.434 e. The molecular weight excluding hydrogens is 304 g/mol. The Morgan fingerprint density at radius 3 is 2.87 bits per heavy atom. The molecule has 0 saturated carbocycles. The molecule has 5 nitrogen and oxygen atoms in total. The lowest BCUT2D eigenvalue weighted by Gasteiger charge is -2.23. The second kappa shape index (κ2) is 7.12. The van der Waals surface area contributed by atoms with Crippen LogP contribution in [0.15, 0.2) is 29.3 Å². The lowest BCUT2D eigenvalue weighted by atomic mass is 9.96. The molecule has 1 aromatic carbocycles. The smallest absolute Gasteiger partial charge is 0.387 e. The van der Waals surface area contributed by atoms with Crippen molar-refractivity contribution in [3.05, 3.63) is 29.8 Å². The third-order valence-corrected chi connectivity index (χ3v) is 4.29. The number of fused-ring (bicyclic) bond motifs is 2. The SMILES string of the molecule is CN=C(NCc1ccccc1OC(F)F)NC1CC2CCC1O2. The van der Waals surface area contributed by atoms with Crippen LogP contribution in [0.2, 0.25) is 0 Å². The molecule has 2 N–H and O–H groups in total. The van der Waals surface area contributed by atoms with Gasteiger partial charge in [-0.1, -0.05) is 18.2 Å². The lowest BCUT2D eigenvalue weighted by Crippen LogP contribution is -2.47. The van der Waals surface area contributed by atoms with E-state index in [0.29, 0.717) is 24.2 Å². The summed E-state index contributed by atoms with van der Waals surface area (Å²) in [7, 11) is 1.69.